The molecular formula is C20H21Cl2FN2O. The maximum absolute atomic E-state index is 14.1. The van der Waals surface area contributed by atoms with E-state index < -0.39 is 0 Å². The number of carbonyl (C=O) groups excluding carboxylic acids is 1. The number of hydrogen-bond acceptors (Lipinski definition) is 2. The lowest BCUT2D eigenvalue weighted by atomic mass is 10.1. The van der Waals surface area contributed by atoms with E-state index in [0.717, 1.165) is 12.8 Å². The molecule has 138 valence electrons. The van der Waals surface area contributed by atoms with Gasteiger partial charge in [0.25, 0.3) is 0 Å². The van der Waals surface area contributed by atoms with Gasteiger partial charge in [-0.3, -0.25) is 9.69 Å². The first-order chi connectivity index (χ1) is 12.5. The average Bonchev–Trinajstić information content (AvgIpc) is 3.44. The summed E-state index contributed by atoms with van der Waals surface area (Å²) < 4.78 is 14.1. The van der Waals surface area contributed by atoms with Crippen molar-refractivity contribution in [1.82, 2.24) is 4.90 Å². The van der Waals surface area contributed by atoms with E-state index in [1.807, 2.05) is 13.0 Å². The minimum absolute atomic E-state index is 0.0830. The van der Waals surface area contributed by atoms with Crippen LogP contribution in [0, 0.1) is 5.82 Å². The van der Waals surface area contributed by atoms with Crippen molar-refractivity contribution in [3.8, 4) is 0 Å². The third-order valence-electron chi connectivity index (χ3n) is 4.69. The van der Waals surface area contributed by atoms with Crippen LogP contribution in [-0.2, 0) is 4.79 Å². The Balaban J connectivity index is 1.64. The molecule has 0 aliphatic heterocycles. The molecule has 26 heavy (non-hydrogen) atoms. The van der Waals surface area contributed by atoms with E-state index in [0.29, 0.717) is 33.9 Å². The monoisotopic (exact) mass is 394 g/mol. The molecule has 1 unspecified atom stereocenters. The molecule has 1 aliphatic carbocycles. The van der Waals surface area contributed by atoms with Crippen molar-refractivity contribution >= 4 is 34.8 Å². The summed E-state index contributed by atoms with van der Waals surface area (Å²) in [6.45, 7) is 2.54. The first-order valence-corrected chi connectivity index (χ1v) is 9.47. The Bertz CT molecular complexity index is 775. The maximum Gasteiger partial charge on any atom is 0.225 e. The highest BCUT2D eigenvalue weighted by Gasteiger charge is 2.33. The first kappa shape index (κ1) is 19.2. The number of amides is 1. The van der Waals surface area contributed by atoms with Gasteiger partial charge < -0.3 is 5.32 Å². The Kier molecular flexibility index (Phi) is 6.17. The molecule has 0 saturated heterocycles. The van der Waals surface area contributed by atoms with Crippen molar-refractivity contribution in [3.63, 3.8) is 0 Å². The molecule has 3 nitrogen and oxygen atoms in total. The molecule has 0 radical (unpaired) electrons. The van der Waals surface area contributed by atoms with E-state index in [-0.39, 0.29) is 24.2 Å². The van der Waals surface area contributed by atoms with Crippen LogP contribution in [0.4, 0.5) is 10.1 Å². The molecule has 6 heteroatoms. The molecule has 1 amide bonds. The number of para-hydroxylation sites is 1. The number of anilines is 1. The van der Waals surface area contributed by atoms with Crippen LogP contribution in [0.2, 0.25) is 10.0 Å². The Morgan fingerprint density at radius 3 is 2.46 bits per heavy atom. The van der Waals surface area contributed by atoms with Crippen LogP contribution < -0.4 is 5.32 Å². The van der Waals surface area contributed by atoms with Gasteiger partial charge in [-0.1, -0.05) is 47.5 Å². The molecule has 3 rings (SSSR count). The fraction of sp³-hybridized carbons (Fsp3) is 0.350. The van der Waals surface area contributed by atoms with E-state index in [1.165, 1.54) is 6.07 Å². The lowest BCUT2D eigenvalue weighted by Gasteiger charge is -2.29. The number of nitrogens with zero attached hydrogens (tertiary/aromatic N) is 1. The van der Waals surface area contributed by atoms with Gasteiger partial charge in [-0.2, -0.15) is 0 Å². The van der Waals surface area contributed by atoms with E-state index in [9.17, 15) is 9.18 Å². The smallest absolute Gasteiger partial charge is 0.225 e. The topological polar surface area (TPSA) is 32.3 Å². The van der Waals surface area contributed by atoms with Crippen LogP contribution >= 0.6 is 23.2 Å². The van der Waals surface area contributed by atoms with E-state index in [1.54, 1.807) is 30.3 Å². The molecule has 0 aromatic heterocycles. The van der Waals surface area contributed by atoms with E-state index in [4.69, 9.17) is 23.2 Å². The Labute approximate surface area is 163 Å². The Morgan fingerprint density at radius 2 is 1.85 bits per heavy atom. The van der Waals surface area contributed by atoms with Crippen molar-refractivity contribution < 1.29 is 9.18 Å². The van der Waals surface area contributed by atoms with E-state index >= 15 is 0 Å². The van der Waals surface area contributed by atoms with Crippen molar-refractivity contribution in [2.75, 3.05) is 11.9 Å². The van der Waals surface area contributed by atoms with Gasteiger partial charge in [-0.25, -0.2) is 4.39 Å². The van der Waals surface area contributed by atoms with Crippen LogP contribution in [0.15, 0.2) is 42.5 Å². The van der Waals surface area contributed by atoms with Gasteiger partial charge in [0.05, 0.1) is 15.7 Å². The van der Waals surface area contributed by atoms with Gasteiger partial charge in [-0.05, 0) is 38.0 Å². The molecule has 2 aromatic rings. The normalized spacial score (nSPS) is 15.1. The Morgan fingerprint density at radius 1 is 1.19 bits per heavy atom. The second-order valence-corrected chi connectivity index (χ2v) is 7.38. The zero-order valence-corrected chi connectivity index (χ0v) is 16.0. The van der Waals surface area contributed by atoms with Crippen LogP contribution in [0.1, 0.15) is 37.8 Å². The molecule has 1 saturated carbocycles. The highest BCUT2D eigenvalue weighted by molar-refractivity contribution is 6.39. The first-order valence-electron chi connectivity index (χ1n) is 8.71. The lowest BCUT2D eigenvalue weighted by molar-refractivity contribution is -0.116. The summed E-state index contributed by atoms with van der Waals surface area (Å²) in [6, 6.07) is 12.2. The fourth-order valence-corrected chi connectivity index (χ4v) is 3.63. The maximum atomic E-state index is 14.1. The third kappa shape index (κ3) is 4.56. The second kappa shape index (κ2) is 8.38. The number of carbonyl (C=O) groups is 1. The van der Waals surface area contributed by atoms with Crippen LogP contribution in [0.3, 0.4) is 0 Å². The summed E-state index contributed by atoms with van der Waals surface area (Å²) >= 11 is 12.2. The zero-order chi connectivity index (χ0) is 18.7. The predicted molar refractivity (Wildman–Crippen MR) is 104 cm³/mol. The molecule has 1 atom stereocenters. The summed E-state index contributed by atoms with van der Waals surface area (Å²) in [7, 11) is 0. The fourth-order valence-electron chi connectivity index (χ4n) is 3.14. The number of nitrogens with one attached hydrogen (secondary N) is 1. The third-order valence-corrected chi connectivity index (χ3v) is 5.32. The lowest BCUT2D eigenvalue weighted by Crippen LogP contribution is -2.33. The van der Waals surface area contributed by atoms with Gasteiger partial charge in [0.15, 0.2) is 0 Å². The predicted octanol–water partition coefficient (Wildman–Crippen LogP) is 5.69. The van der Waals surface area contributed by atoms with Gasteiger partial charge >= 0.3 is 0 Å². The molecule has 1 N–H and O–H groups in total. The SMILES string of the molecule is CC(c1ccccc1F)N(CCC(=O)Nc1c(Cl)cccc1Cl)C1CC1. The summed E-state index contributed by atoms with van der Waals surface area (Å²) in [4.78, 5) is 14.6. The molecule has 0 spiro atoms. The minimum Gasteiger partial charge on any atom is -0.324 e. The quantitative estimate of drug-likeness (QED) is 0.654. The Hall–Kier alpha value is -1.62. The highest BCUT2D eigenvalue weighted by atomic mass is 35.5. The molecule has 0 heterocycles. The summed E-state index contributed by atoms with van der Waals surface area (Å²) in [5.41, 5.74) is 1.09. The summed E-state index contributed by atoms with van der Waals surface area (Å²) in [5.74, 6) is -0.371. The van der Waals surface area contributed by atoms with Crippen LogP contribution in [0.25, 0.3) is 0 Å². The second-order valence-electron chi connectivity index (χ2n) is 6.56. The minimum atomic E-state index is -0.210. The molecule has 1 aliphatic rings. The van der Waals surface area contributed by atoms with E-state index in [2.05, 4.69) is 10.2 Å². The van der Waals surface area contributed by atoms with Gasteiger partial charge in [0.2, 0.25) is 5.91 Å². The average molecular weight is 395 g/mol. The van der Waals surface area contributed by atoms with Gasteiger partial charge in [0, 0.05) is 30.6 Å². The molecule has 1 fully saturated rings. The summed E-state index contributed by atoms with van der Waals surface area (Å²) in [5, 5.41) is 3.59. The highest BCUT2D eigenvalue weighted by Crippen LogP contribution is 2.35. The van der Waals surface area contributed by atoms with Crippen LogP contribution in [0.5, 0.6) is 0 Å². The number of hydrogen-bond donors (Lipinski definition) is 1. The number of halogens is 3. The number of rotatable bonds is 7. The molecular weight excluding hydrogens is 374 g/mol. The van der Waals surface area contributed by atoms with Crippen molar-refractivity contribution in [2.24, 2.45) is 0 Å². The van der Waals surface area contributed by atoms with Gasteiger partial charge in [-0.15, -0.1) is 0 Å². The molecule has 2 aromatic carbocycles. The van der Waals surface area contributed by atoms with Crippen LogP contribution in [-0.4, -0.2) is 23.4 Å². The zero-order valence-electron chi connectivity index (χ0n) is 14.5. The standard InChI is InChI=1S/C20H21Cl2FN2O/c1-13(15-5-2-3-8-18(15)23)25(14-9-10-14)12-11-19(26)24-20-16(21)6-4-7-17(20)22/h2-8,13-14H,9-12H2,1H3,(H,24,26). The van der Waals surface area contributed by atoms with Crippen molar-refractivity contribution in [1.29, 1.82) is 0 Å². The van der Waals surface area contributed by atoms with Gasteiger partial charge in [0.1, 0.15) is 5.82 Å². The van der Waals surface area contributed by atoms with Crippen molar-refractivity contribution in [3.05, 3.63) is 63.9 Å². The van der Waals surface area contributed by atoms with Crippen molar-refractivity contribution in [2.45, 2.75) is 38.3 Å². The summed E-state index contributed by atoms with van der Waals surface area (Å²) in [6.07, 6.45) is 2.45. The molecule has 0 bridgehead atoms. The largest absolute Gasteiger partial charge is 0.324 e. The number of benzene rings is 2.